The number of nitrogens with one attached hydrogen (secondary N) is 1. The molecular formula is C7H11BrF3NO. The van der Waals surface area contributed by atoms with Crippen molar-refractivity contribution in [1.82, 2.24) is 5.32 Å². The van der Waals surface area contributed by atoms with Crippen molar-refractivity contribution in [3.63, 3.8) is 0 Å². The van der Waals surface area contributed by atoms with Crippen LogP contribution in [0.25, 0.3) is 0 Å². The molecule has 0 spiro atoms. The molecule has 78 valence electrons. The van der Waals surface area contributed by atoms with Gasteiger partial charge in [0.25, 0.3) is 0 Å². The van der Waals surface area contributed by atoms with Crippen LogP contribution in [0.5, 0.6) is 0 Å². The molecule has 0 aromatic carbocycles. The molecule has 1 amide bonds. The summed E-state index contributed by atoms with van der Waals surface area (Å²) in [7, 11) is 0. The standard InChI is InChI=1S/C7H11BrF3NO/c1-5(8)2-3-6(13)12-4-7(9,10)11/h5H,2-4H2,1H3,(H,12,13). The Labute approximate surface area is 83.0 Å². The van der Waals surface area contributed by atoms with Gasteiger partial charge < -0.3 is 5.32 Å². The molecule has 0 fully saturated rings. The van der Waals surface area contributed by atoms with Crippen LogP contribution in [0.3, 0.4) is 0 Å². The second-order valence-corrected chi connectivity index (χ2v) is 4.27. The molecule has 0 saturated heterocycles. The van der Waals surface area contributed by atoms with Gasteiger partial charge in [-0.05, 0) is 6.42 Å². The molecule has 2 nitrogen and oxygen atoms in total. The van der Waals surface area contributed by atoms with Crippen LogP contribution in [0, 0.1) is 0 Å². The summed E-state index contributed by atoms with van der Waals surface area (Å²) in [6, 6.07) is 0. The smallest absolute Gasteiger partial charge is 0.347 e. The monoisotopic (exact) mass is 261 g/mol. The highest BCUT2D eigenvalue weighted by Crippen LogP contribution is 2.12. The highest BCUT2D eigenvalue weighted by Gasteiger charge is 2.27. The van der Waals surface area contributed by atoms with Crippen LogP contribution in [-0.2, 0) is 4.79 Å². The Bertz CT molecular complexity index is 170. The van der Waals surface area contributed by atoms with Crippen LogP contribution in [0.2, 0.25) is 0 Å². The van der Waals surface area contributed by atoms with Crippen LogP contribution in [-0.4, -0.2) is 23.5 Å². The molecule has 0 aliphatic rings. The summed E-state index contributed by atoms with van der Waals surface area (Å²) in [4.78, 5) is 10.9. The lowest BCUT2D eigenvalue weighted by Crippen LogP contribution is -2.33. The Morgan fingerprint density at radius 2 is 2.08 bits per heavy atom. The zero-order valence-corrected chi connectivity index (χ0v) is 8.70. The van der Waals surface area contributed by atoms with Crippen molar-refractivity contribution in [2.75, 3.05) is 6.54 Å². The van der Waals surface area contributed by atoms with E-state index in [1.165, 1.54) is 0 Å². The predicted octanol–water partition coefficient (Wildman–Crippen LogP) is 2.23. The maximum absolute atomic E-state index is 11.6. The average molecular weight is 262 g/mol. The molecule has 0 aliphatic heterocycles. The van der Waals surface area contributed by atoms with Crippen LogP contribution in [0.15, 0.2) is 0 Å². The molecule has 1 N–H and O–H groups in total. The van der Waals surface area contributed by atoms with Crippen molar-refractivity contribution >= 4 is 21.8 Å². The second kappa shape index (κ2) is 5.47. The van der Waals surface area contributed by atoms with Crippen molar-refractivity contribution in [3.8, 4) is 0 Å². The first-order chi connectivity index (χ1) is 5.81. The molecule has 0 bridgehead atoms. The maximum Gasteiger partial charge on any atom is 0.405 e. The van der Waals surface area contributed by atoms with E-state index in [1.54, 1.807) is 5.32 Å². The van der Waals surface area contributed by atoms with Gasteiger partial charge in [-0.15, -0.1) is 0 Å². The molecule has 13 heavy (non-hydrogen) atoms. The van der Waals surface area contributed by atoms with E-state index in [0.717, 1.165) is 0 Å². The van der Waals surface area contributed by atoms with Gasteiger partial charge in [-0.3, -0.25) is 4.79 Å². The van der Waals surface area contributed by atoms with Gasteiger partial charge in [-0.1, -0.05) is 22.9 Å². The summed E-state index contributed by atoms with van der Waals surface area (Å²) in [6.45, 7) is 0.583. The van der Waals surface area contributed by atoms with E-state index in [4.69, 9.17) is 0 Å². The number of hydrogen-bond donors (Lipinski definition) is 1. The number of hydrogen-bond acceptors (Lipinski definition) is 1. The van der Waals surface area contributed by atoms with Crippen molar-refractivity contribution in [1.29, 1.82) is 0 Å². The first-order valence-corrected chi connectivity index (χ1v) is 4.70. The lowest BCUT2D eigenvalue weighted by atomic mass is 10.2. The van der Waals surface area contributed by atoms with Crippen molar-refractivity contribution in [3.05, 3.63) is 0 Å². The van der Waals surface area contributed by atoms with E-state index in [9.17, 15) is 18.0 Å². The minimum Gasteiger partial charge on any atom is -0.347 e. The zero-order chi connectivity index (χ0) is 10.5. The zero-order valence-electron chi connectivity index (χ0n) is 7.12. The molecule has 0 rings (SSSR count). The maximum atomic E-state index is 11.6. The molecule has 1 atom stereocenters. The summed E-state index contributed by atoms with van der Waals surface area (Å²) in [5, 5.41) is 1.79. The summed E-state index contributed by atoms with van der Waals surface area (Å²) >= 11 is 3.19. The summed E-state index contributed by atoms with van der Waals surface area (Å²) in [5.74, 6) is -0.566. The van der Waals surface area contributed by atoms with Gasteiger partial charge in [0.2, 0.25) is 5.91 Å². The summed E-state index contributed by atoms with van der Waals surface area (Å²) in [6.07, 6.45) is -3.68. The Kier molecular flexibility index (Phi) is 5.36. The second-order valence-electron chi connectivity index (χ2n) is 2.71. The first-order valence-electron chi connectivity index (χ1n) is 3.79. The van der Waals surface area contributed by atoms with Gasteiger partial charge in [0.15, 0.2) is 0 Å². The lowest BCUT2D eigenvalue weighted by Gasteiger charge is -2.08. The van der Waals surface area contributed by atoms with Crippen LogP contribution < -0.4 is 5.32 Å². The molecular weight excluding hydrogens is 251 g/mol. The van der Waals surface area contributed by atoms with Gasteiger partial charge in [0.05, 0.1) is 0 Å². The fraction of sp³-hybridized carbons (Fsp3) is 0.857. The molecule has 0 aromatic rings. The highest BCUT2D eigenvalue weighted by molar-refractivity contribution is 9.09. The third kappa shape index (κ3) is 9.66. The first kappa shape index (κ1) is 12.7. The van der Waals surface area contributed by atoms with E-state index in [0.29, 0.717) is 6.42 Å². The predicted molar refractivity (Wildman–Crippen MR) is 46.7 cm³/mol. The van der Waals surface area contributed by atoms with Crippen LogP contribution >= 0.6 is 15.9 Å². The van der Waals surface area contributed by atoms with E-state index >= 15 is 0 Å². The Morgan fingerprint density at radius 1 is 1.54 bits per heavy atom. The minimum atomic E-state index is -4.32. The fourth-order valence-electron chi connectivity index (χ4n) is 0.617. The van der Waals surface area contributed by atoms with E-state index < -0.39 is 18.6 Å². The van der Waals surface area contributed by atoms with Gasteiger partial charge in [-0.2, -0.15) is 13.2 Å². The SMILES string of the molecule is CC(Br)CCC(=O)NCC(F)(F)F. The van der Waals surface area contributed by atoms with Crippen molar-refractivity contribution < 1.29 is 18.0 Å². The van der Waals surface area contributed by atoms with Crippen LogP contribution in [0.1, 0.15) is 19.8 Å². The van der Waals surface area contributed by atoms with Gasteiger partial charge >= 0.3 is 6.18 Å². The highest BCUT2D eigenvalue weighted by atomic mass is 79.9. The molecule has 1 unspecified atom stereocenters. The fourth-order valence-corrected chi connectivity index (χ4v) is 0.846. The number of amides is 1. The number of rotatable bonds is 4. The quantitative estimate of drug-likeness (QED) is 0.773. The lowest BCUT2D eigenvalue weighted by molar-refractivity contribution is -0.138. The number of alkyl halides is 4. The topological polar surface area (TPSA) is 29.1 Å². The van der Waals surface area contributed by atoms with Gasteiger partial charge in [-0.25, -0.2) is 0 Å². The molecule has 6 heteroatoms. The molecule has 0 aliphatic carbocycles. The third-order valence-electron chi connectivity index (χ3n) is 1.26. The largest absolute Gasteiger partial charge is 0.405 e. The number of carbonyl (C=O) groups is 1. The average Bonchev–Trinajstić information content (AvgIpc) is 1.95. The van der Waals surface area contributed by atoms with E-state index in [-0.39, 0.29) is 11.2 Å². The Balaban J connectivity index is 3.53. The molecule has 0 aromatic heterocycles. The van der Waals surface area contributed by atoms with Gasteiger partial charge in [0.1, 0.15) is 6.54 Å². The van der Waals surface area contributed by atoms with Crippen LogP contribution in [0.4, 0.5) is 13.2 Å². The summed E-state index contributed by atoms with van der Waals surface area (Å²) < 4.78 is 34.8. The Morgan fingerprint density at radius 3 is 2.46 bits per heavy atom. The van der Waals surface area contributed by atoms with Crippen molar-refractivity contribution in [2.24, 2.45) is 0 Å². The van der Waals surface area contributed by atoms with E-state index in [2.05, 4.69) is 15.9 Å². The molecule has 0 radical (unpaired) electrons. The van der Waals surface area contributed by atoms with E-state index in [1.807, 2.05) is 6.92 Å². The Hall–Kier alpha value is -0.260. The molecule has 0 saturated carbocycles. The number of halogens is 4. The van der Waals surface area contributed by atoms with Gasteiger partial charge in [0, 0.05) is 11.2 Å². The summed E-state index contributed by atoms with van der Waals surface area (Å²) in [5.41, 5.74) is 0. The van der Waals surface area contributed by atoms with Crippen molar-refractivity contribution in [2.45, 2.75) is 30.8 Å². The normalized spacial score (nSPS) is 13.9. The molecule has 0 heterocycles. The minimum absolute atomic E-state index is 0.114. The number of carbonyl (C=O) groups excluding carboxylic acids is 1. The third-order valence-corrected chi connectivity index (χ3v) is 1.71.